The zero-order chi connectivity index (χ0) is 8.84. The maximum Gasteiger partial charge on any atom is 0.145 e. The number of para-hydroxylation sites is 1. The quantitative estimate of drug-likeness (QED) is 0.609. The van der Waals surface area contributed by atoms with Crippen molar-refractivity contribution in [1.29, 1.82) is 0 Å². The number of benzene rings is 1. The Morgan fingerprint density at radius 3 is 3.38 bits per heavy atom. The number of nitrogens with zero attached hydrogens (tertiary/aromatic N) is 2. The summed E-state index contributed by atoms with van der Waals surface area (Å²) in [6, 6.07) is 5.98. The molecule has 1 atom stereocenters. The second kappa shape index (κ2) is 2.25. The molecular weight excluding hydrogens is 164 g/mol. The molecule has 1 unspecified atom stereocenters. The van der Waals surface area contributed by atoms with Crippen LogP contribution in [-0.2, 0) is 6.54 Å². The van der Waals surface area contributed by atoms with Crippen LogP contribution in [0.15, 0.2) is 24.5 Å². The Morgan fingerprint density at radius 2 is 2.46 bits per heavy atom. The van der Waals surface area contributed by atoms with Crippen LogP contribution in [0.2, 0.25) is 0 Å². The smallest absolute Gasteiger partial charge is 0.145 e. The summed E-state index contributed by atoms with van der Waals surface area (Å²) in [7, 11) is 0. The van der Waals surface area contributed by atoms with Crippen LogP contribution in [-0.4, -0.2) is 15.7 Å². The molecule has 13 heavy (non-hydrogen) atoms. The predicted molar refractivity (Wildman–Crippen MR) is 49.8 cm³/mol. The Morgan fingerprint density at radius 1 is 1.54 bits per heavy atom. The number of ether oxygens (including phenoxy) is 1. The van der Waals surface area contributed by atoms with E-state index in [0.717, 1.165) is 23.3 Å². The monoisotopic (exact) mass is 174 g/mol. The van der Waals surface area contributed by atoms with Gasteiger partial charge in [-0.15, -0.1) is 0 Å². The van der Waals surface area contributed by atoms with Gasteiger partial charge in [0.05, 0.1) is 18.4 Å². The maximum atomic E-state index is 5.70. The number of imidazole rings is 1. The number of rotatable bonds is 0. The Bertz CT molecular complexity index is 461. The van der Waals surface area contributed by atoms with Crippen molar-refractivity contribution in [3.8, 4) is 5.75 Å². The van der Waals surface area contributed by atoms with Gasteiger partial charge in [-0.05, 0) is 19.1 Å². The van der Waals surface area contributed by atoms with Crippen molar-refractivity contribution in [2.24, 2.45) is 0 Å². The first-order valence-electron chi connectivity index (χ1n) is 4.45. The van der Waals surface area contributed by atoms with Crippen LogP contribution >= 0.6 is 0 Å². The summed E-state index contributed by atoms with van der Waals surface area (Å²) in [6.07, 6.45) is 2.12. The number of hydrogen-bond donors (Lipinski definition) is 0. The molecule has 0 spiro atoms. The highest BCUT2D eigenvalue weighted by atomic mass is 16.5. The molecule has 1 aliphatic rings. The van der Waals surface area contributed by atoms with Crippen molar-refractivity contribution >= 4 is 11.0 Å². The van der Waals surface area contributed by atoms with Gasteiger partial charge in [0.25, 0.3) is 0 Å². The van der Waals surface area contributed by atoms with Gasteiger partial charge >= 0.3 is 0 Å². The van der Waals surface area contributed by atoms with E-state index in [0.29, 0.717) is 0 Å². The SMILES string of the molecule is CC1Cn2cnc3cccc(c32)O1. The molecule has 0 N–H and O–H groups in total. The van der Waals surface area contributed by atoms with Crippen LogP contribution in [0.25, 0.3) is 11.0 Å². The van der Waals surface area contributed by atoms with E-state index in [1.807, 2.05) is 24.5 Å². The van der Waals surface area contributed by atoms with E-state index in [1.54, 1.807) is 0 Å². The highest BCUT2D eigenvalue weighted by molar-refractivity contribution is 5.82. The van der Waals surface area contributed by atoms with Gasteiger partial charge in [-0.2, -0.15) is 0 Å². The van der Waals surface area contributed by atoms with Crippen LogP contribution in [0.3, 0.4) is 0 Å². The number of hydrogen-bond acceptors (Lipinski definition) is 2. The van der Waals surface area contributed by atoms with Crippen molar-refractivity contribution in [3.05, 3.63) is 24.5 Å². The van der Waals surface area contributed by atoms with Gasteiger partial charge in [-0.3, -0.25) is 0 Å². The van der Waals surface area contributed by atoms with Crippen molar-refractivity contribution in [1.82, 2.24) is 9.55 Å². The van der Waals surface area contributed by atoms with Crippen LogP contribution in [0.1, 0.15) is 6.92 Å². The molecule has 0 radical (unpaired) electrons. The van der Waals surface area contributed by atoms with Gasteiger partial charge in [-0.25, -0.2) is 4.98 Å². The molecule has 0 saturated carbocycles. The lowest BCUT2D eigenvalue weighted by molar-refractivity contribution is 0.190. The lowest BCUT2D eigenvalue weighted by Gasteiger charge is -2.22. The van der Waals surface area contributed by atoms with Gasteiger partial charge in [0.15, 0.2) is 0 Å². The summed E-state index contributed by atoms with van der Waals surface area (Å²) < 4.78 is 7.85. The van der Waals surface area contributed by atoms with Crippen molar-refractivity contribution in [2.45, 2.75) is 19.6 Å². The minimum Gasteiger partial charge on any atom is -0.487 e. The third-order valence-electron chi connectivity index (χ3n) is 2.38. The molecule has 1 aromatic carbocycles. The first-order chi connectivity index (χ1) is 6.34. The Balaban J connectivity index is 2.38. The molecule has 0 fully saturated rings. The summed E-state index contributed by atoms with van der Waals surface area (Å²) >= 11 is 0. The zero-order valence-corrected chi connectivity index (χ0v) is 7.40. The molecule has 1 aromatic heterocycles. The van der Waals surface area contributed by atoms with Gasteiger partial charge in [0.2, 0.25) is 0 Å². The third-order valence-corrected chi connectivity index (χ3v) is 2.38. The summed E-state index contributed by atoms with van der Waals surface area (Å²) in [6.45, 7) is 2.97. The van der Waals surface area contributed by atoms with Crippen molar-refractivity contribution in [2.75, 3.05) is 0 Å². The normalized spacial score (nSPS) is 20.2. The average Bonchev–Trinajstić information content (AvgIpc) is 2.50. The molecule has 0 amide bonds. The molecule has 3 heteroatoms. The molecule has 1 aliphatic heterocycles. The minimum absolute atomic E-state index is 0.243. The Labute approximate surface area is 76.0 Å². The fraction of sp³-hybridized carbons (Fsp3) is 0.300. The maximum absolute atomic E-state index is 5.70. The van der Waals surface area contributed by atoms with E-state index in [9.17, 15) is 0 Å². The van der Waals surface area contributed by atoms with Crippen LogP contribution in [0.5, 0.6) is 5.75 Å². The molecular formula is C10H10N2O. The van der Waals surface area contributed by atoms with E-state index in [1.165, 1.54) is 0 Å². The van der Waals surface area contributed by atoms with Crippen LogP contribution < -0.4 is 4.74 Å². The van der Waals surface area contributed by atoms with E-state index >= 15 is 0 Å². The second-order valence-electron chi connectivity index (χ2n) is 3.45. The van der Waals surface area contributed by atoms with Crippen LogP contribution in [0.4, 0.5) is 0 Å². The Hall–Kier alpha value is -1.51. The molecule has 2 heterocycles. The van der Waals surface area contributed by atoms with E-state index in [-0.39, 0.29) is 6.10 Å². The fourth-order valence-corrected chi connectivity index (χ4v) is 1.86. The highest BCUT2D eigenvalue weighted by Crippen LogP contribution is 2.29. The third kappa shape index (κ3) is 0.869. The van der Waals surface area contributed by atoms with E-state index in [4.69, 9.17) is 4.74 Å². The van der Waals surface area contributed by atoms with Crippen molar-refractivity contribution in [3.63, 3.8) is 0 Å². The molecule has 2 aromatic rings. The molecule has 0 saturated heterocycles. The summed E-state index contributed by atoms with van der Waals surface area (Å²) in [5, 5.41) is 0. The zero-order valence-electron chi connectivity index (χ0n) is 7.40. The summed E-state index contributed by atoms with van der Waals surface area (Å²) in [5.41, 5.74) is 2.14. The lowest BCUT2D eigenvalue weighted by atomic mass is 10.2. The Kier molecular flexibility index (Phi) is 1.20. The minimum atomic E-state index is 0.243. The second-order valence-corrected chi connectivity index (χ2v) is 3.45. The highest BCUT2D eigenvalue weighted by Gasteiger charge is 2.18. The topological polar surface area (TPSA) is 27.1 Å². The standard InChI is InChI=1S/C10H10N2O/c1-7-5-12-6-11-8-3-2-4-9(13-7)10(8)12/h2-4,6-7H,5H2,1H3. The van der Waals surface area contributed by atoms with Gasteiger partial charge in [0, 0.05) is 0 Å². The van der Waals surface area contributed by atoms with Gasteiger partial charge in [-0.1, -0.05) is 6.07 Å². The first kappa shape index (κ1) is 6.95. The van der Waals surface area contributed by atoms with Crippen molar-refractivity contribution < 1.29 is 4.74 Å². The molecule has 66 valence electrons. The summed E-state index contributed by atoms with van der Waals surface area (Å²) in [5.74, 6) is 0.953. The lowest BCUT2D eigenvalue weighted by Crippen LogP contribution is -2.23. The van der Waals surface area contributed by atoms with Crippen LogP contribution in [0, 0.1) is 0 Å². The molecule has 0 aliphatic carbocycles. The fourth-order valence-electron chi connectivity index (χ4n) is 1.86. The molecule has 3 rings (SSSR count). The molecule has 0 bridgehead atoms. The predicted octanol–water partition coefficient (Wildman–Crippen LogP) is 1.82. The first-order valence-corrected chi connectivity index (χ1v) is 4.45. The summed E-state index contributed by atoms with van der Waals surface area (Å²) in [4.78, 5) is 4.31. The molecule has 3 nitrogen and oxygen atoms in total. The van der Waals surface area contributed by atoms with Gasteiger partial charge < -0.3 is 9.30 Å². The van der Waals surface area contributed by atoms with Gasteiger partial charge in [0.1, 0.15) is 17.4 Å². The van der Waals surface area contributed by atoms with E-state index < -0.39 is 0 Å². The largest absolute Gasteiger partial charge is 0.487 e. The number of aromatic nitrogens is 2. The van der Waals surface area contributed by atoms with E-state index in [2.05, 4.69) is 16.5 Å². The average molecular weight is 174 g/mol.